The van der Waals surface area contributed by atoms with E-state index in [-0.39, 0.29) is 35.1 Å². The number of nitrogens with two attached hydrogens (primary N) is 1. The summed E-state index contributed by atoms with van der Waals surface area (Å²) in [5, 5.41) is 0.188. The highest BCUT2D eigenvalue weighted by molar-refractivity contribution is 6.32. The first kappa shape index (κ1) is 19.3. The average molecular weight is 371 g/mol. The van der Waals surface area contributed by atoms with Gasteiger partial charge in [0.25, 0.3) is 11.8 Å². The minimum atomic E-state index is -0.629. The molecule has 1 saturated heterocycles. The van der Waals surface area contributed by atoms with Crippen molar-refractivity contribution < 1.29 is 23.8 Å². The molecule has 1 fully saturated rings. The molecule has 1 aliphatic heterocycles. The number of piperidine rings is 1. The van der Waals surface area contributed by atoms with Crippen LogP contribution in [0.4, 0.5) is 0 Å². The number of nitrogens with zero attached hydrogens (tertiary/aromatic N) is 1. The van der Waals surface area contributed by atoms with Crippen molar-refractivity contribution in [2.75, 3.05) is 33.4 Å². The second-order valence-electron chi connectivity index (χ2n) is 5.69. The van der Waals surface area contributed by atoms with Crippen LogP contribution in [0, 0.1) is 0 Å². The molecule has 0 unspecified atom stereocenters. The zero-order chi connectivity index (χ0) is 18.4. The number of likely N-dealkylation sites (tertiary alicyclic amines) is 1. The second-order valence-corrected chi connectivity index (χ2v) is 6.10. The number of carbonyl (C=O) groups excluding carboxylic acids is 2. The molecular formula is C17H23ClN2O5. The summed E-state index contributed by atoms with van der Waals surface area (Å²) in [6.45, 7) is 3.58. The molecule has 2 amide bonds. The smallest absolute Gasteiger partial charge is 0.255 e. The van der Waals surface area contributed by atoms with Gasteiger partial charge in [-0.1, -0.05) is 11.6 Å². The van der Waals surface area contributed by atoms with Gasteiger partial charge in [0, 0.05) is 25.3 Å². The van der Waals surface area contributed by atoms with Crippen LogP contribution in [-0.4, -0.2) is 56.2 Å². The summed E-state index contributed by atoms with van der Waals surface area (Å²) in [5.41, 5.74) is 5.48. The third-order valence-corrected chi connectivity index (χ3v) is 4.25. The molecule has 8 heteroatoms. The van der Waals surface area contributed by atoms with Gasteiger partial charge in [-0.2, -0.15) is 0 Å². The van der Waals surface area contributed by atoms with Crippen LogP contribution in [0.1, 0.15) is 30.1 Å². The third kappa shape index (κ3) is 4.99. The maximum absolute atomic E-state index is 12.7. The monoisotopic (exact) mass is 370 g/mol. The van der Waals surface area contributed by atoms with Crippen LogP contribution in [0.2, 0.25) is 5.02 Å². The van der Waals surface area contributed by atoms with Gasteiger partial charge < -0.3 is 24.8 Å². The van der Waals surface area contributed by atoms with Crippen molar-refractivity contribution in [3.8, 4) is 11.5 Å². The summed E-state index contributed by atoms with van der Waals surface area (Å²) in [6.07, 6.45) is 1.82. The van der Waals surface area contributed by atoms with E-state index in [4.69, 9.17) is 31.5 Å². The minimum Gasteiger partial charge on any atom is -0.493 e. The molecule has 0 atom stereocenters. The van der Waals surface area contributed by atoms with Crippen LogP contribution >= 0.6 is 11.6 Å². The molecule has 0 bridgehead atoms. The first-order valence-corrected chi connectivity index (χ1v) is 8.53. The molecule has 2 N–H and O–H groups in total. The van der Waals surface area contributed by atoms with Gasteiger partial charge in [0.05, 0.1) is 18.2 Å². The van der Waals surface area contributed by atoms with Crippen molar-refractivity contribution in [2.45, 2.75) is 25.9 Å². The lowest BCUT2D eigenvalue weighted by molar-refractivity contribution is -0.119. The van der Waals surface area contributed by atoms with E-state index in [0.717, 1.165) is 12.8 Å². The highest BCUT2D eigenvalue weighted by Crippen LogP contribution is 2.37. The van der Waals surface area contributed by atoms with Crippen LogP contribution in [0.5, 0.6) is 11.5 Å². The van der Waals surface area contributed by atoms with E-state index < -0.39 is 5.91 Å². The number of benzene rings is 1. The second kappa shape index (κ2) is 8.92. The van der Waals surface area contributed by atoms with E-state index in [9.17, 15) is 9.59 Å². The van der Waals surface area contributed by atoms with E-state index in [1.54, 1.807) is 11.0 Å². The van der Waals surface area contributed by atoms with E-state index in [1.165, 1.54) is 13.2 Å². The number of rotatable bonds is 7. The lowest BCUT2D eigenvalue weighted by Gasteiger charge is -2.32. The van der Waals surface area contributed by atoms with Crippen LogP contribution in [-0.2, 0) is 9.53 Å². The van der Waals surface area contributed by atoms with Crippen molar-refractivity contribution in [3.63, 3.8) is 0 Å². The van der Waals surface area contributed by atoms with Crippen LogP contribution in [0.25, 0.3) is 0 Å². The van der Waals surface area contributed by atoms with Crippen molar-refractivity contribution in [2.24, 2.45) is 5.73 Å². The number of carbonyl (C=O) groups is 2. The van der Waals surface area contributed by atoms with E-state index in [1.807, 2.05) is 6.92 Å². The molecule has 0 aliphatic carbocycles. The van der Waals surface area contributed by atoms with Crippen LogP contribution < -0.4 is 15.2 Å². The molecule has 0 spiro atoms. The highest BCUT2D eigenvalue weighted by Gasteiger charge is 2.25. The highest BCUT2D eigenvalue weighted by atomic mass is 35.5. The molecule has 0 aromatic heterocycles. The number of primary amides is 1. The minimum absolute atomic E-state index is 0.128. The molecular weight excluding hydrogens is 348 g/mol. The van der Waals surface area contributed by atoms with Gasteiger partial charge in [-0.25, -0.2) is 0 Å². The Morgan fingerprint density at radius 1 is 1.32 bits per heavy atom. The number of methoxy groups -OCH3 is 1. The fourth-order valence-corrected chi connectivity index (χ4v) is 3.04. The Kier molecular flexibility index (Phi) is 6.90. The quantitative estimate of drug-likeness (QED) is 0.791. The SMILES string of the molecule is CCOC1CCN(C(=O)c2cc(Cl)c(OCC(N)=O)c(OC)c2)CC1. The van der Waals surface area contributed by atoms with Crippen molar-refractivity contribution in [3.05, 3.63) is 22.7 Å². The van der Waals surface area contributed by atoms with Crippen molar-refractivity contribution >= 4 is 23.4 Å². The topological polar surface area (TPSA) is 91.1 Å². The average Bonchev–Trinajstić information content (AvgIpc) is 2.60. The van der Waals surface area contributed by atoms with Crippen LogP contribution in [0.3, 0.4) is 0 Å². The summed E-state index contributed by atoms with van der Waals surface area (Å²) in [7, 11) is 1.44. The van der Waals surface area contributed by atoms with Gasteiger partial charge in [-0.3, -0.25) is 9.59 Å². The Morgan fingerprint density at radius 3 is 2.56 bits per heavy atom. The molecule has 0 saturated carbocycles. The normalized spacial score (nSPS) is 15.1. The Balaban J connectivity index is 2.12. The van der Waals surface area contributed by atoms with E-state index in [0.29, 0.717) is 25.3 Å². The summed E-state index contributed by atoms with van der Waals surface area (Å²) >= 11 is 6.20. The summed E-state index contributed by atoms with van der Waals surface area (Å²) in [6, 6.07) is 3.07. The van der Waals surface area contributed by atoms with Crippen molar-refractivity contribution in [1.29, 1.82) is 0 Å². The molecule has 2 rings (SSSR count). The van der Waals surface area contributed by atoms with Gasteiger partial charge in [0.1, 0.15) is 0 Å². The van der Waals surface area contributed by atoms with E-state index in [2.05, 4.69) is 0 Å². The number of hydrogen-bond acceptors (Lipinski definition) is 5. The number of halogens is 1. The van der Waals surface area contributed by atoms with Gasteiger partial charge in [0.15, 0.2) is 18.1 Å². The molecule has 1 aromatic carbocycles. The summed E-state index contributed by atoms with van der Waals surface area (Å²) < 4.78 is 16.1. The van der Waals surface area contributed by atoms with Gasteiger partial charge >= 0.3 is 0 Å². The molecule has 138 valence electrons. The van der Waals surface area contributed by atoms with Gasteiger partial charge in [-0.15, -0.1) is 0 Å². The number of amides is 2. The first-order chi connectivity index (χ1) is 12.0. The Bertz CT molecular complexity index is 630. The molecule has 1 aromatic rings. The third-order valence-electron chi connectivity index (χ3n) is 3.97. The standard InChI is InChI=1S/C17H23ClN2O5/c1-3-24-12-4-6-20(7-5-12)17(22)11-8-13(18)16(14(9-11)23-2)25-10-15(19)21/h8-9,12H,3-7,10H2,1-2H3,(H2,19,21). The maximum atomic E-state index is 12.7. The molecule has 25 heavy (non-hydrogen) atoms. The maximum Gasteiger partial charge on any atom is 0.255 e. The Morgan fingerprint density at radius 2 is 2.00 bits per heavy atom. The zero-order valence-corrected chi connectivity index (χ0v) is 15.2. The largest absolute Gasteiger partial charge is 0.493 e. The van der Waals surface area contributed by atoms with Crippen molar-refractivity contribution in [1.82, 2.24) is 4.90 Å². The Labute approximate surface area is 152 Å². The predicted octanol–water partition coefficient (Wildman–Crippen LogP) is 1.85. The molecule has 0 radical (unpaired) electrons. The fraction of sp³-hybridized carbons (Fsp3) is 0.529. The number of ether oxygens (including phenoxy) is 3. The van der Waals surface area contributed by atoms with Gasteiger partial charge in [-0.05, 0) is 31.9 Å². The first-order valence-electron chi connectivity index (χ1n) is 8.15. The predicted molar refractivity (Wildman–Crippen MR) is 93.2 cm³/mol. The fourth-order valence-electron chi connectivity index (χ4n) is 2.77. The van der Waals surface area contributed by atoms with Gasteiger partial charge in [0.2, 0.25) is 0 Å². The van der Waals surface area contributed by atoms with Crippen LogP contribution in [0.15, 0.2) is 12.1 Å². The molecule has 1 heterocycles. The zero-order valence-electron chi connectivity index (χ0n) is 14.4. The Hall–Kier alpha value is -1.99. The molecule has 7 nitrogen and oxygen atoms in total. The lowest BCUT2D eigenvalue weighted by Crippen LogP contribution is -2.40. The summed E-state index contributed by atoms with van der Waals surface area (Å²) in [5.74, 6) is -0.289. The molecule has 1 aliphatic rings. The lowest BCUT2D eigenvalue weighted by atomic mass is 10.1. The summed E-state index contributed by atoms with van der Waals surface area (Å²) in [4.78, 5) is 25.4. The van der Waals surface area contributed by atoms with E-state index >= 15 is 0 Å². The number of hydrogen-bond donors (Lipinski definition) is 1.